The fraction of sp³-hybridized carbons (Fsp3) is 0.667. The van der Waals surface area contributed by atoms with Gasteiger partial charge in [0.2, 0.25) is 0 Å². The number of hydrogen-bond donors (Lipinski definition) is 2. The molecular formula is C15H23N3O. The van der Waals surface area contributed by atoms with Gasteiger partial charge in [0.1, 0.15) is 5.69 Å². The fourth-order valence-electron chi connectivity index (χ4n) is 2.98. The summed E-state index contributed by atoms with van der Waals surface area (Å²) in [6.07, 6.45) is 6.78. The van der Waals surface area contributed by atoms with Gasteiger partial charge in [0.15, 0.2) is 0 Å². The van der Waals surface area contributed by atoms with Gasteiger partial charge in [0, 0.05) is 18.3 Å². The van der Waals surface area contributed by atoms with Crippen molar-refractivity contribution in [3.8, 4) is 0 Å². The molecule has 1 aliphatic carbocycles. The van der Waals surface area contributed by atoms with Gasteiger partial charge in [0.05, 0.1) is 0 Å². The van der Waals surface area contributed by atoms with E-state index in [-0.39, 0.29) is 5.91 Å². The lowest BCUT2D eigenvalue weighted by atomic mass is 10.1. The van der Waals surface area contributed by atoms with E-state index in [9.17, 15) is 4.79 Å². The molecule has 1 saturated carbocycles. The maximum absolute atomic E-state index is 12.4. The van der Waals surface area contributed by atoms with E-state index < -0.39 is 0 Å². The predicted molar refractivity (Wildman–Crippen MR) is 75.2 cm³/mol. The van der Waals surface area contributed by atoms with Crippen LogP contribution in [0.5, 0.6) is 0 Å². The number of piperidine rings is 1. The van der Waals surface area contributed by atoms with Crippen molar-refractivity contribution in [2.75, 3.05) is 13.1 Å². The van der Waals surface area contributed by atoms with Gasteiger partial charge in [-0.3, -0.25) is 4.79 Å². The molecule has 3 rings (SSSR count). The lowest BCUT2D eigenvalue weighted by Gasteiger charge is -2.26. The molecule has 2 heterocycles. The number of nitrogens with zero attached hydrogens (tertiary/aromatic N) is 1. The first kappa shape index (κ1) is 12.7. The van der Waals surface area contributed by atoms with E-state index in [0.717, 1.165) is 31.6 Å². The molecule has 1 amide bonds. The standard InChI is InChI=1S/C15H23N3O/c1-11(12-4-5-12)17-15(19)14-3-2-10-18(14)13-6-8-16-9-7-13/h2-3,10-13,16H,4-9H2,1H3,(H,17,19). The second-order valence-electron chi connectivity index (χ2n) is 5.88. The third-order valence-corrected chi connectivity index (χ3v) is 4.40. The Morgan fingerprint density at radius 3 is 2.79 bits per heavy atom. The number of rotatable bonds is 4. The molecule has 104 valence electrons. The van der Waals surface area contributed by atoms with Gasteiger partial charge in [-0.05, 0) is 63.7 Å². The molecule has 4 nitrogen and oxygen atoms in total. The van der Waals surface area contributed by atoms with Gasteiger partial charge in [-0.15, -0.1) is 0 Å². The Hall–Kier alpha value is -1.29. The first-order valence-electron chi connectivity index (χ1n) is 7.44. The molecule has 1 atom stereocenters. The number of amides is 1. The summed E-state index contributed by atoms with van der Waals surface area (Å²) in [6.45, 7) is 4.21. The highest BCUT2D eigenvalue weighted by Crippen LogP contribution is 2.32. The fourth-order valence-corrected chi connectivity index (χ4v) is 2.98. The number of aromatic nitrogens is 1. The van der Waals surface area contributed by atoms with Crippen LogP contribution in [0, 0.1) is 5.92 Å². The summed E-state index contributed by atoms with van der Waals surface area (Å²) in [6, 6.07) is 4.70. The van der Waals surface area contributed by atoms with Gasteiger partial charge in [-0.1, -0.05) is 0 Å². The second-order valence-corrected chi connectivity index (χ2v) is 5.88. The van der Waals surface area contributed by atoms with Crippen molar-refractivity contribution in [3.63, 3.8) is 0 Å². The minimum absolute atomic E-state index is 0.0860. The SMILES string of the molecule is CC(NC(=O)c1cccn1C1CCNCC1)C1CC1. The Bertz CT molecular complexity index is 444. The summed E-state index contributed by atoms with van der Waals surface area (Å²) in [7, 11) is 0. The van der Waals surface area contributed by atoms with Gasteiger partial charge in [0.25, 0.3) is 5.91 Å². The average Bonchev–Trinajstić information content (AvgIpc) is 3.17. The summed E-state index contributed by atoms with van der Waals surface area (Å²) in [5, 5.41) is 6.52. The first-order chi connectivity index (χ1) is 9.25. The van der Waals surface area contributed by atoms with Crippen molar-refractivity contribution >= 4 is 5.91 Å². The van der Waals surface area contributed by atoms with Crippen molar-refractivity contribution in [2.45, 2.75) is 44.7 Å². The predicted octanol–water partition coefficient (Wildman–Crippen LogP) is 1.94. The van der Waals surface area contributed by atoms with E-state index in [1.165, 1.54) is 12.8 Å². The van der Waals surface area contributed by atoms with Crippen LogP contribution in [0.25, 0.3) is 0 Å². The maximum atomic E-state index is 12.4. The summed E-state index contributed by atoms with van der Waals surface area (Å²) < 4.78 is 2.16. The van der Waals surface area contributed by atoms with E-state index in [2.05, 4.69) is 22.1 Å². The van der Waals surface area contributed by atoms with Crippen molar-refractivity contribution in [1.29, 1.82) is 0 Å². The Labute approximate surface area is 114 Å². The number of hydrogen-bond acceptors (Lipinski definition) is 2. The third-order valence-electron chi connectivity index (χ3n) is 4.40. The summed E-state index contributed by atoms with van der Waals surface area (Å²) in [5.74, 6) is 0.786. The van der Waals surface area contributed by atoms with Crippen LogP contribution in [-0.4, -0.2) is 29.6 Å². The zero-order valence-corrected chi connectivity index (χ0v) is 11.6. The highest BCUT2D eigenvalue weighted by Gasteiger charge is 2.30. The molecule has 1 unspecified atom stereocenters. The smallest absolute Gasteiger partial charge is 0.268 e. The quantitative estimate of drug-likeness (QED) is 0.870. The van der Waals surface area contributed by atoms with Gasteiger partial charge < -0.3 is 15.2 Å². The molecule has 0 spiro atoms. The molecule has 1 saturated heterocycles. The van der Waals surface area contributed by atoms with Crippen LogP contribution in [0.4, 0.5) is 0 Å². The van der Waals surface area contributed by atoms with E-state index in [1.54, 1.807) is 0 Å². The molecule has 4 heteroatoms. The highest BCUT2D eigenvalue weighted by molar-refractivity contribution is 5.93. The van der Waals surface area contributed by atoms with Gasteiger partial charge in [-0.2, -0.15) is 0 Å². The van der Waals surface area contributed by atoms with E-state index in [0.29, 0.717) is 18.0 Å². The Balaban J connectivity index is 1.69. The van der Waals surface area contributed by atoms with Crippen molar-refractivity contribution < 1.29 is 4.79 Å². The molecule has 2 fully saturated rings. The minimum Gasteiger partial charge on any atom is -0.348 e. The lowest BCUT2D eigenvalue weighted by molar-refractivity contribution is 0.0923. The lowest BCUT2D eigenvalue weighted by Crippen LogP contribution is -2.36. The molecule has 0 bridgehead atoms. The normalized spacial score (nSPS) is 22.2. The van der Waals surface area contributed by atoms with Crippen LogP contribution >= 0.6 is 0 Å². The third kappa shape index (κ3) is 2.84. The van der Waals surface area contributed by atoms with Gasteiger partial charge in [-0.25, -0.2) is 0 Å². The molecule has 0 aromatic carbocycles. The summed E-state index contributed by atoms with van der Waals surface area (Å²) in [4.78, 5) is 12.4. The van der Waals surface area contributed by atoms with Crippen LogP contribution in [-0.2, 0) is 0 Å². The molecule has 19 heavy (non-hydrogen) atoms. The molecule has 2 N–H and O–H groups in total. The molecule has 2 aliphatic rings. The van der Waals surface area contributed by atoms with Crippen LogP contribution in [0.2, 0.25) is 0 Å². The molecular weight excluding hydrogens is 238 g/mol. The van der Waals surface area contributed by atoms with Crippen LogP contribution in [0.1, 0.15) is 49.1 Å². The van der Waals surface area contributed by atoms with Gasteiger partial charge >= 0.3 is 0 Å². The number of carbonyl (C=O) groups excluding carboxylic acids is 1. The Morgan fingerprint density at radius 2 is 2.11 bits per heavy atom. The molecule has 1 aliphatic heterocycles. The van der Waals surface area contributed by atoms with Crippen LogP contribution in [0.3, 0.4) is 0 Å². The topological polar surface area (TPSA) is 46.1 Å². The minimum atomic E-state index is 0.0860. The molecule has 1 aromatic heterocycles. The van der Waals surface area contributed by atoms with E-state index in [4.69, 9.17) is 0 Å². The van der Waals surface area contributed by atoms with Crippen molar-refractivity contribution in [2.24, 2.45) is 5.92 Å². The highest BCUT2D eigenvalue weighted by atomic mass is 16.2. The summed E-state index contributed by atoms with van der Waals surface area (Å²) in [5.41, 5.74) is 0.819. The summed E-state index contributed by atoms with van der Waals surface area (Å²) >= 11 is 0. The van der Waals surface area contributed by atoms with Crippen molar-refractivity contribution in [3.05, 3.63) is 24.0 Å². The van der Waals surface area contributed by atoms with Crippen LogP contribution < -0.4 is 10.6 Å². The monoisotopic (exact) mass is 261 g/mol. The number of carbonyl (C=O) groups is 1. The largest absolute Gasteiger partial charge is 0.348 e. The van der Waals surface area contributed by atoms with Crippen LogP contribution in [0.15, 0.2) is 18.3 Å². The van der Waals surface area contributed by atoms with E-state index in [1.807, 2.05) is 18.3 Å². The zero-order chi connectivity index (χ0) is 13.2. The maximum Gasteiger partial charge on any atom is 0.268 e. The molecule has 0 radical (unpaired) electrons. The average molecular weight is 261 g/mol. The Kier molecular flexibility index (Phi) is 3.60. The van der Waals surface area contributed by atoms with E-state index >= 15 is 0 Å². The second kappa shape index (κ2) is 5.37. The number of nitrogens with one attached hydrogen (secondary N) is 2. The first-order valence-corrected chi connectivity index (χ1v) is 7.44. The Morgan fingerprint density at radius 1 is 1.37 bits per heavy atom. The zero-order valence-electron chi connectivity index (χ0n) is 11.6. The van der Waals surface area contributed by atoms with Crippen molar-refractivity contribution in [1.82, 2.24) is 15.2 Å². The molecule has 1 aromatic rings.